The Morgan fingerprint density at radius 1 is 1.34 bits per heavy atom. The zero-order valence-electron chi connectivity index (χ0n) is 19.3. The fraction of sp³-hybridized carbons (Fsp3) is 0.476. The van der Waals surface area contributed by atoms with Crippen LogP contribution in [-0.2, 0) is 18.8 Å². The lowest BCUT2D eigenvalue weighted by Gasteiger charge is -2.21. The number of halogens is 2. The molecule has 2 heterocycles. The number of carbonyl (C=O) groups excluding carboxylic acids is 1. The van der Waals surface area contributed by atoms with Gasteiger partial charge in [0.05, 0.1) is 18.8 Å². The molecule has 4 unspecified atom stereocenters. The number of para-hydroxylation sites is 1. The van der Waals surface area contributed by atoms with Crippen molar-refractivity contribution in [1.82, 2.24) is 14.6 Å². The molecule has 1 aliphatic rings. The summed E-state index contributed by atoms with van der Waals surface area (Å²) in [7, 11) is -1.71. The van der Waals surface area contributed by atoms with E-state index < -0.39 is 45.5 Å². The molecule has 3 rings (SSSR count). The average Bonchev–Trinajstić information content (AvgIpc) is 3.16. The van der Waals surface area contributed by atoms with E-state index in [0.717, 1.165) is 0 Å². The summed E-state index contributed by atoms with van der Waals surface area (Å²) < 4.78 is 43.0. The molecule has 1 aromatic carbocycles. The van der Waals surface area contributed by atoms with Crippen LogP contribution in [0.15, 0.2) is 47.4 Å². The maximum absolute atomic E-state index is 12.1. The third kappa shape index (κ3) is 9.82. The molecular weight excluding hydrogens is 489 g/mol. The Kier molecular flexibility index (Phi) is 11.9. The van der Waals surface area contributed by atoms with Gasteiger partial charge in [-0.1, -0.05) is 18.2 Å². The molecule has 4 N–H and O–H groups in total. The molecule has 4 atom stereocenters. The van der Waals surface area contributed by atoms with Gasteiger partial charge in [0.1, 0.15) is 24.2 Å². The van der Waals surface area contributed by atoms with Gasteiger partial charge in [0.2, 0.25) is 6.93 Å². The third-order valence-corrected chi connectivity index (χ3v) is 5.50. The van der Waals surface area contributed by atoms with E-state index in [0.29, 0.717) is 5.75 Å². The minimum absolute atomic E-state index is 0.0650. The summed E-state index contributed by atoms with van der Waals surface area (Å²) in [5.41, 5.74) is 4.89. The lowest BCUT2D eigenvalue weighted by Crippen LogP contribution is -2.32. The first-order valence-corrected chi connectivity index (χ1v) is 11.8. The van der Waals surface area contributed by atoms with E-state index in [1.807, 2.05) is 18.2 Å². The summed E-state index contributed by atoms with van der Waals surface area (Å²) in [5, 5.41) is 13.3. The molecule has 0 radical (unpaired) electrons. The quantitative estimate of drug-likeness (QED) is 0.316. The molecule has 14 heteroatoms. The van der Waals surface area contributed by atoms with Crippen LogP contribution in [0.5, 0.6) is 5.75 Å². The van der Waals surface area contributed by atoms with Crippen LogP contribution in [0.1, 0.15) is 26.5 Å². The van der Waals surface area contributed by atoms with Gasteiger partial charge in [-0.05, 0) is 32.0 Å². The molecule has 1 aromatic heterocycles. The number of nitrogen functional groups attached to an aromatic ring is 1. The Hall–Kier alpha value is -2.70. The largest absolute Gasteiger partial charge is 0.462 e. The predicted molar refractivity (Wildman–Crippen MR) is 124 cm³/mol. The molecule has 1 aliphatic heterocycles. The van der Waals surface area contributed by atoms with Gasteiger partial charge in [0, 0.05) is 12.6 Å². The van der Waals surface area contributed by atoms with Gasteiger partial charge in [-0.3, -0.25) is 9.36 Å². The molecule has 0 spiro atoms. The summed E-state index contributed by atoms with van der Waals surface area (Å²) in [6, 6.07) is 10.5. The van der Waals surface area contributed by atoms with E-state index in [4.69, 9.17) is 24.3 Å². The number of nitrogens with one attached hydrogen (secondary N) is 1. The molecule has 0 aliphatic carbocycles. The highest BCUT2D eigenvalue weighted by molar-refractivity contribution is 7.45. The SMILES string of the molecule is CC(C)OC(=O)CNP(OCC1CC(O)C(n2ccc(N)nc2=O)O1)Oc1ccccc1.FCF. The van der Waals surface area contributed by atoms with Crippen LogP contribution in [0.25, 0.3) is 0 Å². The number of aliphatic hydroxyl groups is 1. The van der Waals surface area contributed by atoms with Crippen molar-refractivity contribution in [3.05, 3.63) is 53.1 Å². The number of esters is 1. The molecule has 2 aromatic rings. The number of hydrogen-bond donors (Lipinski definition) is 3. The Balaban J connectivity index is 0.00000137. The highest BCUT2D eigenvalue weighted by Gasteiger charge is 2.36. The zero-order valence-corrected chi connectivity index (χ0v) is 20.1. The maximum Gasteiger partial charge on any atom is 0.351 e. The number of ether oxygens (including phenoxy) is 2. The highest BCUT2D eigenvalue weighted by atomic mass is 31.2. The highest BCUT2D eigenvalue weighted by Crippen LogP contribution is 2.37. The van der Waals surface area contributed by atoms with Crippen LogP contribution in [0.4, 0.5) is 14.6 Å². The summed E-state index contributed by atoms with van der Waals surface area (Å²) in [6.45, 7) is 1.74. The van der Waals surface area contributed by atoms with Crippen LogP contribution in [0.2, 0.25) is 0 Å². The average molecular weight is 518 g/mol. The molecule has 0 bridgehead atoms. The fourth-order valence-corrected chi connectivity index (χ4v) is 4.05. The van der Waals surface area contributed by atoms with Crippen LogP contribution in [0.3, 0.4) is 0 Å². The lowest BCUT2D eigenvalue weighted by molar-refractivity contribution is -0.145. The second-order valence-electron chi connectivity index (χ2n) is 7.43. The van der Waals surface area contributed by atoms with E-state index >= 15 is 0 Å². The second kappa shape index (κ2) is 14.6. The van der Waals surface area contributed by atoms with Gasteiger partial charge in [0.15, 0.2) is 6.23 Å². The van der Waals surface area contributed by atoms with E-state index in [1.165, 1.54) is 16.8 Å². The van der Waals surface area contributed by atoms with E-state index in [1.54, 1.807) is 26.0 Å². The van der Waals surface area contributed by atoms with Crippen LogP contribution in [0, 0.1) is 0 Å². The van der Waals surface area contributed by atoms with Crippen molar-refractivity contribution in [2.24, 2.45) is 0 Å². The van der Waals surface area contributed by atoms with E-state index in [9.17, 15) is 23.5 Å². The first kappa shape index (κ1) is 28.5. The summed E-state index contributed by atoms with van der Waals surface area (Å²) in [5.74, 6) is 0.216. The number of alkyl halides is 2. The molecule has 35 heavy (non-hydrogen) atoms. The molecule has 11 nitrogen and oxygen atoms in total. The molecular formula is C21H29F2N4O7P. The van der Waals surface area contributed by atoms with Crippen molar-refractivity contribution in [1.29, 1.82) is 0 Å². The van der Waals surface area contributed by atoms with Crippen molar-refractivity contribution >= 4 is 20.3 Å². The van der Waals surface area contributed by atoms with Gasteiger partial charge >= 0.3 is 20.2 Å². The Labute approximate surface area is 202 Å². The molecule has 0 amide bonds. The van der Waals surface area contributed by atoms with Gasteiger partial charge in [0.25, 0.3) is 0 Å². The number of anilines is 1. The summed E-state index contributed by atoms with van der Waals surface area (Å²) in [4.78, 5) is 27.6. The number of nitrogens with zero attached hydrogens (tertiary/aromatic N) is 2. The number of nitrogens with two attached hydrogens (primary N) is 1. The minimum atomic E-state index is -1.75. The number of rotatable bonds is 10. The Morgan fingerprint density at radius 3 is 2.66 bits per heavy atom. The van der Waals surface area contributed by atoms with Crippen LogP contribution in [-0.4, -0.2) is 59.0 Å². The predicted octanol–water partition coefficient (Wildman–Crippen LogP) is 2.22. The van der Waals surface area contributed by atoms with Crippen molar-refractivity contribution in [3.8, 4) is 5.75 Å². The summed E-state index contributed by atoms with van der Waals surface area (Å²) in [6.07, 6.45) is -0.904. The lowest BCUT2D eigenvalue weighted by atomic mass is 10.2. The minimum Gasteiger partial charge on any atom is -0.462 e. The Morgan fingerprint density at radius 2 is 2.03 bits per heavy atom. The monoisotopic (exact) mass is 518 g/mol. The maximum atomic E-state index is 12.1. The second-order valence-corrected chi connectivity index (χ2v) is 8.70. The molecule has 1 fully saturated rings. The molecule has 1 saturated heterocycles. The zero-order chi connectivity index (χ0) is 25.8. The van der Waals surface area contributed by atoms with Crippen molar-refractivity contribution in [2.75, 3.05) is 25.8 Å². The number of benzene rings is 1. The van der Waals surface area contributed by atoms with E-state index in [-0.39, 0.29) is 31.5 Å². The molecule has 194 valence electrons. The first-order chi connectivity index (χ1) is 16.7. The third-order valence-electron chi connectivity index (χ3n) is 4.32. The van der Waals surface area contributed by atoms with Crippen molar-refractivity contribution in [3.63, 3.8) is 0 Å². The van der Waals surface area contributed by atoms with Crippen LogP contribution >= 0.6 is 8.53 Å². The van der Waals surface area contributed by atoms with Crippen LogP contribution < -0.4 is 21.0 Å². The number of carbonyl (C=O) groups is 1. The number of hydrogen-bond acceptors (Lipinski definition) is 10. The standard InChI is InChI=1S/C20H27N4O7P.CH2F2/c1-13(2)29-18(26)11-22-32(31-14-6-4-3-5-7-14)28-12-15-10-16(25)19(30-15)24-9-8-17(21)23-20(24)27;2-1-3/h3-9,13,15-16,19,22,25H,10-12H2,1-2H3,(H2,21,23,27);1H2. The smallest absolute Gasteiger partial charge is 0.351 e. The normalized spacial score (nSPS) is 20.1. The molecule has 0 saturated carbocycles. The summed E-state index contributed by atoms with van der Waals surface area (Å²) >= 11 is 0. The number of aliphatic hydroxyl groups excluding tert-OH is 1. The first-order valence-electron chi connectivity index (χ1n) is 10.6. The topological polar surface area (TPSA) is 147 Å². The Bertz CT molecular complexity index is 970. The van der Waals surface area contributed by atoms with Crippen molar-refractivity contribution in [2.45, 2.75) is 44.8 Å². The number of aromatic nitrogens is 2. The van der Waals surface area contributed by atoms with Crippen molar-refractivity contribution < 1.29 is 37.2 Å². The van der Waals surface area contributed by atoms with Gasteiger partial charge in [-0.15, -0.1) is 0 Å². The fourth-order valence-electron chi connectivity index (χ4n) is 2.97. The van der Waals surface area contributed by atoms with Gasteiger partial charge in [-0.25, -0.2) is 18.7 Å². The van der Waals surface area contributed by atoms with Gasteiger partial charge in [-0.2, -0.15) is 4.98 Å². The van der Waals surface area contributed by atoms with Gasteiger partial charge < -0.3 is 29.4 Å². The van der Waals surface area contributed by atoms with E-state index in [2.05, 4.69) is 10.1 Å².